The van der Waals surface area contributed by atoms with Gasteiger partial charge in [0.25, 0.3) is 0 Å². The number of hydrogen-bond acceptors (Lipinski definition) is 2. The molecule has 1 aromatic heterocycles. The lowest BCUT2D eigenvalue weighted by Crippen LogP contribution is -1.94. The molecule has 0 unspecified atom stereocenters. The summed E-state index contributed by atoms with van der Waals surface area (Å²) in [6, 6.07) is 1.97. The summed E-state index contributed by atoms with van der Waals surface area (Å²) >= 11 is 5.90. The molecule has 106 valence electrons. The fourth-order valence-electron chi connectivity index (χ4n) is 2.61. The lowest BCUT2D eigenvalue weighted by molar-refractivity contribution is -0.131. The maximum atomic E-state index is 10.8. The van der Waals surface area contributed by atoms with E-state index in [-0.39, 0.29) is 0 Å². The van der Waals surface area contributed by atoms with Crippen LogP contribution < -0.4 is 0 Å². The number of allylic oxidation sites excluding steroid dienone is 1. The topological polar surface area (TPSA) is 50.4 Å². The summed E-state index contributed by atoms with van der Waals surface area (Å²) in [7, 11) is 0. The number of halogens is 1. The molecule has 1 N–H and O–H groups in total. The molecule has 0 bridgehead atoms. The Hall–Kier alpha value is -1.74. The van der Waals surface area contributed by atoms with Crippen LogP contribution in [0.15, 0.2) is 16.6 Å². The maximum absolute atomic E-state index is 10.8. The number of alkyl halides is 1. The Morgan fingerprint density at radius 2 is 2.00 bits per heavy atom. The molecule has 1 heterocycles. The van der Waals surface area contributed by atoms with Crippen LogP contribution in [0, 0.1) is 20.8 Å². The Balaban J connectivity index is 2.80. The van der Waals surface area contributed by atoms with E-state index in [2.05, 4.69) is 0 Å². The van der Waals surface area contributed by atoms with E-state index in [0.29, 0.717) is 5.88 Å². The van der Waals surface area contributed by atoms with Crippen LogP contribution in [0.2, 0.25) is 0 Å². The summed E-state index contributed by atoms with van der Waals surface area (Å²) in [5.74, 6) is 0.161. The van der Waals surface area contributed by atoms with Crippen LogP contribution >= 0.6 is 11.6 Å². The van der Waals surface area contributed by atoms with Gasteiger partial charge in [0.05, 0.1) is 5.88 Å². The summed E-state index contributed by atoms with van der Waals surface area (Å²) in [6.45, 7) is 7.73. The minimum absolute atomic E-state index is 0.332. The molecule has 0 radical (unpaired) electrons. The van der Waals surface area contributed by atoms with E-state index in [1.807, 2.05) is 26.8 Å². The highest BCUT2D eigenvalue weighted by atomic mass is 35.5. The highest BCUT2D eigenvalue weighted by molar-refractivity contribution is 6.17. The van der Waals surface area contributed by atoms with Crippen molar-refractivity contribution < 1.29 is 14.3 Å². The molecule has 0 spiro atoms. The van der Waals surface area contributed by atoms with Crippen LogP contribution in [0.3, 0.4) is 0 Å². The Bertz CT molecular complexity index is 723. The van der Waals surface area contributed by atoms with Crippen molar-refractivity contribution in [3.05, 3.63) is 40.2 Å². The van der Waals surface area contributed by atoms with E-state index in [9.17, 15) is 4.79 Å². The van der Waals surface area contributed by atoms with Gasteiger partial charge in [0.1, 0.15) is 11.3 Å². The first kappa shape index (κ1) is 14.7. The molecule has 4 heteroatoms. The first-order valence-electron chi connectivity index (χ1n) is 6.36. The predicted octanol–water partition coefficient (Wildman–Crippen LogP) is 4.58. The molecule has 0 aliphatic rings. The molecular formula is C16H17ClO3. The first-order valence-corrected chi connectivity index (χ1v) is 6.90. The Morgan fingerprint density at radius 1 is 1.35 bits per heavy atom. The molecule has 0 aliphatic heterocycles. The number of carboxylic acid groups (broad SMARTS) is 1. The van der Waals surface area contributed by atoms with Crippen LogP contribution in [0.25, 0.3) is 16.5 Å². The van der Waals surface area contributed by atoms with Gasteiger partial charge in [-0.05, 0) is 61.6 Å². The number of hydrogen-bond donors (Lipinski definition) is 1. The zero-order chi connectivity index (χ0) is 15.0. The Labute approximate surface area is 122 Å². The lowest BCUT2D eigenvalue weighted by Gasteiger charge is -2.09. The van der Waals surface area contributed by atoms with Gasteiger partial charge in [0, 0.05) is 11.5 Å². The Morgan fingerprint density at radius 3 is 2.55 bits per heavy atom. The van der Waals surface area contributed by atoms with Crippen molar-refractivity contribution in [1.82, 2.24) is 0 Å². The number of benzene rings is 1. The van der Waals surface area contributed by atoms with Gasteiger partial charge >= 0.3 is 5.97 Å². The molecule has 1 aromatic carbocycles. The van der Waals surface area contributed by atoms with E-state index in [1.54, 1.807) is 6.92 Å². The second kappa shape index (κ2) is 5.33. The second-order valence-electron chi connectivity index (χ2n) is 5.02. The minimum Gasteiger partial charge on any atom is -0.478 e. The number of rotatable bonds is 3. The third-order valence-corrected chi connectivity index (χ3v) is 3.87. The van der Waals surface area contributed by atoms with Gasteiger partial charge in [-0.3, -0.25) is 0 Å². The van der Waals surface area contributed by atoms with Crippen LogP contribution in [-0.4, -0.2) is 11.1 Å². The minimum atomic E-state index is -0.940. The molecule has 20 heavy (non-hydrogen) atoms. The zero-order valence-electron chi connectivity index (χ0n) is 12.0. The van der Waals surface area contributed by atoms with E-state index in [4.69, 9.17) is 21.1 Å². The van der Waals surface area contributed by atoms with Crippen molar-refractivity contribution >= 4 is 34.1 Å². The Kier molecular flexibility index (Phi) is 3.91. The van der Waals surface area contributed by atoms with Crippen LogP contribution in [0.4, 0.5) is 0 Å². The van der Waals surface area contributed by atoms with Crippen LogP contribution in [0.1, 0.15) is 34.9 Å². The highest BCUT2D eigenvalue weighted by Gasteiger charge is 2.17. The van der Waals surface area contributed by atoms with Crippen LogP contribution in [-0.2, 0) is 10.7 Å². The zero-order valence-corrected chi connectivity index (χ0v) is 12.8. The SMILES string of the molecule is C/C(=C/C(=O)O)c1cc(C)c2oc(CCl)c(C)c2c1C. The number of carboxylic acids is 1. The van der Waals surface area contributed by atoms with Gasteiger partial charge in [-0.25, -0.2) is 4.79 Å². The summed E-state index contributed by atoms with van der Waals surface area (Å²) in [5.41, 5.74) is 5.54. The van der Waals surface area contributed by atoms with Gasteiger partial charge in [-0.2, -0.15) is 0 Å². The highest BCUT2D eigenvalue weighted by Crippen LogP contribution is 2.35. The molecule has 0 saturated carbocycles. The molecule has 0 atom stereocenters. The van der Waals surface area contributed by atoms with Gasteiger partial charge in [0.15, 0.2) is 0 Å². The maximum Gasteiger partial charge on any atom is 0.328 e. The lowest BCUT2D eigenvalue weighted by atomic mass is 9.94. The number of aliphatic carboxylic acids is 1. The van der Waals surface area contributed by atoms with Gasteiger partial charge < -0.3 is 9.52 Å². The summed E-state index contributed by atoms with van der Waals surface area (Å²) in [5, 5.41) is 9.94. The molecule has 0 saturated heterocycles. The van der Waals surface area contributed by atoms with Gasteiger partial charge in [-0.15, -0.1) is 11.6 Å². The fraction of sp³-hybridized carbons (Fsp3) is 0.312. The molecule has 0 amide bonds. The fourth-order valence-corrected chi connectivity index (χ4v) is 2.87. The molecule has 2 aromatic rings. The largest absolute Gasteiger partial charge is 0.478 e. The van der Waals surface area contributed by atoms with E-state index < -0.39 is 5.97 Å². The molecular weight excluding hydrogens is 276 g/mol. The van der Waals surface area contributed by atoms with Crippen molar-refractivity contribution in [1.29, 1.82) is 0 Å². The summed E-state index contributed by atoms with van der Waals surface area (Å²) in [4.78, 5) is 10.8. The standard InChI is InChI=1S/C16H17ClO3/c1-8(6-14(18)19)12-5-9(2)16-15(10(12)3)11(4)13(7-17)20-16/h5-6H,7H2,1-4H3,(H,18,19)/b8-6-. The summed E-state index contributed by atoms with van der Waals surface area (Å²) in [6.07, 6.45) is 1.23. The van der Waals surface area contributed by atoms with E-state index in [1.165, 1.54) is 6.08 Å². The normalized spacial score (nSPS) is 12.2. The third-order valence-electron chi connectivity index (χ3n) is 3.63. The third kappa shape index (κ3) is 2.34. The second-order valence-corrected chi connectivity index (χ2v) is 5.29. The average molecular weight is 293 g/mol. The molecule has 0 fully saturated rings. The first-order chi connectivity index (χ1) is 9.36. The van der Waals surface area contributed by atoms with Crippen molar-refractivity contribution in [2.45, 2.75) is 33.6 Å². The predicted molar refractivity (Wildman–Crippen MR) is 81.3 cm³/mol. The van der Waals surface area contributed by atoms with Gasteiger partial charge in [-0.1, -0.05) is 0 Å². The summed E-state index contributed by atoms with van der Waals surface area (Å²) < 4.78 is 5.81. The number of fused-ring (bicyclic) bond motifs is 1. The van der Waals surface area contributed by atoms with Crippen molar-refractivity contribution in [2.24, 2.45) is 0 Å². The number of carbonyl (C=O) groups is 1. The van der Waals surface area contributed by atoms with Crippen molar-refractivity contribution in [3.63, 3.8) is 0 Å². The van der Waals surface area contributed by atoms with Crippen molar-refractivity contribution in [3.8, 4) is 0 Å². The van der Waals surface area contributed by atoms with Crippen molar-refractivity contribution in [2.75, 3.05) is 0 Å². The number of aryl methyl sites for hydroxylation is 3. The molecule has 2 rings (SSSR count). The van der Waals surface area contributed by atoms with Gasteiger partial charge in [0.2, 0.25) is 0 Å². The van der Waals surface area contributed by atoms with E-state index >= 15 is 0 Å². The smallest absolute Gasteiger partial charge is 0.328 e. The van der Waals surface area contributed by atoms with Crippen LogP contribution in [0.5, 0.6) is 0 Å². The molecule has 0 aliphatic carbocycles. The number of furan rings is 1. The monoisotopic (exact) mass is 292 g/mol. The molecule has 3 nitrogen and oxygen atoms in total. The average Bonchev–Trinajstić information content (AvgIpc) is 2.70. The van der Waals surface area contributed by atoms with E-state index in [0.717, 1.165) is 44.6 Å². The quantitative estimate of drug-likeness (QED) is 0.665.